The van der Waals surface area contributed by atoms with Crippen LogP contribution in [0.2, 0.25) is 0 Å². The Morgan fingerprint density at radius 1 is 1.33 bits per heavy atom. The number of hydrogen-bond acceptors (Lipinski definition) is 3. The van der Waals surface area contributed by atoms with Gasteiger partial charge in [-0.1, -0.05) is 12.1 Å². The summed E-state index contributed by atoms with van der Waals surface area (Å²) in [6, 6.07) is 9.35. The van der Waals surface area contributed by atoms with E-state index in [1.165, 1.54) is 12.0 Å². The predicted octanol–water partition coefficient (Wildman–Crippen LogP) is 2.49. The van der Waals surface area contributed by atoms with E-state index in [1.54, 1.807) is 0 Å². The summed E-state index contributed by atoms with van der Waals surface area (Å²) < 4.78 is 5.73. The molecule has 100 valence electrons. The molecule has 3 heteroatoms. The summed E-state index contributed by atoms with van der Waals surface area (Å²) in [6.07, 6.45) is 1.44. The highest BCUT2D eigenvalue weighted by molar-refractivity contribution is 5.30. The van der Waals surface area contributed by atoms with Crippen LogP contribution in [0.4, 0.5) is 0 Å². The van der Waals surface area contributed by atoms with E-state index in [0.717, 1.165) is 18.8 Å². The molecule has 2 N–H and O–H groups in total. The Balaban J connectivity index is 1.98. The summed E-state index contributed by atoms with van der Waals surface area (Å²) >= 11 is 0. The van der Waals surface area contributed by atoms with E-state index in [9.17, 15) is 0 Å². The Morgan fingerprint density at radius 3 is 2.83 bits per heavy atom. The van der Waals surface area contributed by atoms with Gasteiger partial charge in [0.2, 0.25) is 0 Å². The zero-order chi connectivity index (χ0) is 13.0. The van der Waals surface area contributed by atoms with Crippen molar-refractivity contribution >= 4 is 0 Å². The van der Waals surface area contributed by atoms with Crippen LogP contribution in [0.25, 0.3) is 0 Å². The van der Waals surface area contributed by atoms with Gasteiger partial charge in [-0.25, -0.2) is 0 Å². The van der Waals surface area contributed by atoms with Crippen molar-refractivity contribution in [2.45, 2.75) is 45.4 Å². The third kappa shape index (κ3) is 3.72. The Morgan fingerprint density at radius 2 is 2.17 bits per heavy atom. The highest BCUT2D eigenvalue weighted by Crippen LogP contribution is 2.21. The zero-order valence-corrected chi connectivity index (χ0v) is 11.6. The quantitative estimate of drug-likeness (QED) is 0.840. The first-order chi connectivity index (χ1) is 8.65. The number of rotatable bonds is 5. The van der Waals surface area contributed by atoms with Gasteiger partial charge in [-0.2, -0.15) is 0 Å². The molecule has 1 aromatic rings. The highest BCUT2D eigenvalue weighted by Gasteiger charge is 2.17. The van der Waals surface area contributed by atoms with Crippen LogP contribution in [0.15, 0.2) is 24.3 Å². The zero-order valence-electron chi connectivity index (χ0n) is 11.6. The van der Waals surface area contributed by atoms with Crippen molar-refractivity contribution in [2.24, 2.45) is 0 Å². The van der Waals surface area contributed by atoms with Gasteiger partial charge in [0, 0.05) is 18.6 Å². The van der Waals surface area contributed by atoms with Crippen LogP contribution in [-0.4, -0.2) is 25.2 Å². The number of ether oxygens (including phenoxy) is 1. The maximum absolute atomic E-state index is 5.73. The van der Waals surface area contributed by atoms with Gasteiger partial charge >= 0.3 is 0 Å². The number of hydrogen-bond donors (Lipinski definition) is 2. The Kier molecular flexibility index (Phi) is 4.61. The van der Waals surface area contributed by atoms with Crippen molar-refractivity contribution in [3.8, 4) is 5.75 Å². The number of nitrogens with one attached hydrogen (secondary N) is 2. The largest absolute Gasteiger partial charge is 0.491 e. The molecule has 1 saturated heterocycles. The second kappa shape index (κ2) is 6.21. The van der Waals surface area contributed by atoms with Crippen molar-refractivity contribution in [1.29, 1.82) is 0 Å². The minimum atomic E-state index is 0.225. The average Bonchev–Trinajstić information content (AvgIpc) is 2.81. The Bertz CT molecular complexity index is 373. The van der Waals surface area contributed by atoms with Crippen LogP contribution >= 0.6 is 0 Å². The van der Waals surface area contributed by atoms with E-state index >= 15 is 0 Å². The van der Waals surface area contributed by atoms with Crippen LogP contribution in [0.1, 0.15) is 38.8 Å². The van der Waals surface area contributed by atoms with Crippen LogP contribution in [0.5, 0.6) is 5.75 Å². The maximum Gasteiger partial charge on any atom is 0.120 e. The molecule has 18 heavy (non-hydrogen) atoms. The lowest BCUT2D eigenvalue weighted by atomic mass is 10.1. The molecule has 1 heterocycles. The van der Waals surface area contributed by atoms with Gasteiger partial charge in [-0.05, 0) is 51.4 Å². The van der Waals surface area contributed by atoms with Crippen molar-refractivity contribution in [3.63, 3.8) is 0 Å². The van der Waals surface area contributed by atoms with Gasteiger partial charge in [0.05, 0.1) is 6.10 Å². The molecule has 0 amide bonds. The fraction of sp³-hybridized carbons (Fsp3) is 0.600. The lowest BCUT2D eigenvalue weighted by Crippen LogP contribution is -2.33. The van der Waals surface area contributed by atoms with Crippen LogP contribution in [0.3, 0.4) is 0 Å². The van der Waals surface area contributed by atoms with Crippen LogP contribution in [-0.2, 0) is 0 Å². The molecule has 1 fully saturated rings. The summed E-state index contributed by atoms with van der Waals surface area (Å²) in [5.74, 6) is 0.959. The molecule has 0 aliphatic carbocycles. The van der Waals surface area contributed by atoms with Crippen LogP contribution in [0, 0.1) is 0 Å². The average molecular weight is 248 g/mol. The fourth-order valence-electron chi connectivity index (χ4n) is 2.38. The molecule has 0 radical (unpaired) electrons. The molecule has 2 unspecified atom stereocenters. The summed E-state index contributed by atoms with van der Waals surface area (Å²) in [6.45, 7) is 8.53. The fourth-order valence-corrected chi connectivity index (χ4v) is 2.38. The summed E-state index contributed by atoms with van der Waals surface area (Å²) in [7, 11) is 0. The van der Waals surface area contributed by atoms with E-state index in [1.807, 2.05) is 6.07 Å². The second-order valence-corrected chi connectivity index (χ2v) is 5.32. The molecule has 0 aromatic heterocycles. The van der Waals surface area contributed by atoms with E-state index < -0.39 is 0 Å². The van der Waals surface area contributed by atoms with Crippen molar-refractivity contribution in [1.82, 2.24) is 10.6 Å². The monoisotopic (exact) mass is 248 g/mol. The first-order valence-electron chi connectivity index (χ1n) is 6.88. The van der Waals surface area contributed by atoms with E-state index in [0.29, 0.717) is 12.1 Å². The molecule has 0 spiro atoms. The normalized spacial score (nSPS) is 21.2. The molecule has 1 aliphatic heterocycles. The van der Waals surface area contributed by atoms with Crippen molar-refractivity contribution in [3.05, 3.63) is 29.8 Å². The molecule has 2 atom stereocenters. The van der Waals surface area contributed by atoms with Crippen molar-refractivity contribution < 1.29 is 4.74 Å². The van der Waals surface area contributed by atoms with Gasteiger partial charge in [0.1, 0.15) is 5.75 Å². The lowest BCUT2D eigenvalue weighted by Gasteiger charge is -2.20. The van der Waals surface area contributed by atoms with E-state index in [-0.39, 0.29) is 6.10 Å². The third-order valence-electron chi connectivity index (χ3n) is 3.28. The minimum Gasteiger partial charge on any atom is -0.491 e. The van der Waals surface area contributed by atoms with Gasteiger partial charge < -0.3 is 15.4 Å². The minimum absolute atomic E-state index is 0.225. The molecule has 0 saturated carbocycles. The van der Waals surface area contributed by atoms with Gasteiger partial charge in [-0.3, -0.25) is 0 Å². The summed E-state index contributed by atoms with van der Waals surface area (Å²) in [5.41, 5.74) is 1.29. The molecular weight excluding hydrogens is 224 g/mol. The third-order valence-corrected chi connectivity index (χ3v) is 3.28. The predicted molar refractivity (Wildman–Crippen MR) is 75.0 cm³/mol. The first-order valence-corrected chi connectivity index (χ1v) is 6.88. The molecule has 1 aliphatic rings. The number of benzene rings is 1. The smallest absolute Gasteiger partial charge is 0.120 e. The van der Waals surface area contributed by atoms with Gasteiger partial charge in [0.25, 0.3) is 0 Å². The topological polar surface area (TPSA) is 33.3 Å². The van der Waals surface area contributed by atoms with Gasteiger partial charge in [0.15, 0.2) is 0 Å². The highest BCUT2D eigenvalue weighted by atomic mass is 16.5. The van der Waals surface area contributed by atoms with Gasteiger partial charge in [-0.15, -0.1) is 0 Å². The van der Waals surface area contributed by atoms with E-state index in [4.69, 9.17) is 4.74 Å². The van der Waals surface area contributed by atoms with Crippen LogP contribution < -0.4 is 15.4 Å². The molecule has 2 rings (SSSR count). The Labute approximate surface area is 110 Å². The maximum atomic E-state index is 5.73. The summed E-state index contributed by atoms with van der Waals surface area (Å²) in [4.78, 5) is 0. The van der Waals surface area contributed by atoms with E-state index in [2.05, 4.69) is 49.6 Å². The molecule has 0 bridgehead atoms. The van der Waals surface area contributed by atoms with Crippen molar-refractivity contribution in [2.75, 3.05) is 13.1 Å². The Hall–Kier alpha value is -1.06. The standard InChI is InChI=1S/C15H24N2O/c1-11(2)18-15-6-4-5-13(9-15)12(3)17-14-7-8-16-10-14/h4-6,9,11-12,14,16-17H,7-8,10H2,1-3H3. The second-order valence-electron chi connectivity index (χ2n) is 5.32. The molecular formula is C15H24N2O. The first kappa shape index (κ1) is 13.4. The SMILES string of the molecule is CC(C)Oc1cccc(C(C)NC2CCNC2)c1. The molecule has 1 aromatic carbocycles. The molecule has 3 nitrogen and oxygen atoms in total. The summed E-state index contributed by atoms with van der Waals surface area (Å²) in [5, 5.41) is 7.04. The lowest BCUT2D eigenvalue weighted by molar-refractivity contribution is 0.242.